The average Bonchev–Trinajstić information content (AvgIpc) is 1.30. The van der Waals surface area contributed by atoms with Crippen LogP contribution in [0.15, 0.2) is 0 Å². The summed E-state index contributed by atoms with van der Waals surface area (Å²) in [7, 11) is -3.92. The molecule has 3 N–H and O–H groups in total. The zero-order valence-corrected chi connectivity index (χ0v) is 16.5. The molecular formula is C2H11Na4O4P. The van der Waals surface area contributed by atoms with E-state index in [4.69, 9.17) is 14.9 Å². The van der Waals surface area contributed by atoms with Crippen LogP contribution in [0.2, 0.25) is 0 Å². The second-order valence-electron chi connectivity index (χ2n) is 1.11. The summed E-state index contributed by atoms with van der Waals surface area (Å²) in [6.07, 6.45) is -0.438. The van der Waals surface area contributed by atoms with Crippen LogP contribution >= 0.6 is 7.60 Å². The molecule has 0 aromatic rings. The maximum absolute atomic E-state index is 9.77. The fraction of sp³-hybridized carbons (Fsp3) is 1.00. The predicted octanol–water partition coefficient (Wildman–Crippen LogP) is -12.4. The van der Waals surface area contributed by atoms with Crippen LogP contribution in [0.5, 0.6) is 0 Å². The summed E-state index contributed by atoms with van der Waals surface area (Å²) in [6.45, 7) is -0.454. The molecule has 4 nitrogen and oxygen atoms in total. The minimum absolute atomic E-state index is 0. The molecule has 0 heterocycles. The molecule has 0 unspecified atom stereocenters. The molecule has 0 saturated carbocycles. The normalized spacial score (nSPS) is 7.55. The van der Waals surface area contributed by atoms with Gasteiger partial charge >= 0.3 is 126 Å². The molecule has 0 saturated heterocycles. The maximum atomic E-state index is 9.77. The Morgan fingerprint density at radius 2 is 1.36 bits per heavy atom. The topological polar surface area (TPSA) is 77.8 Å². The third-order valence-corrected chi connectivity index (χ3v) is 1.17. The summed E-state index contributed by atoms with van der Waals surface area (Å²) in [6, 6.07) is 0. The first-order chi connectivity index (χ1) is 3.06. The molecule has 0 spiro atoms. The Morgan fingerprint density at radius 3 is 1.36 bits per heavy atom. The number of aliphatic hydroxyl groups is 1. The summed E-state index contributed by atoms with van der Waals surface area (Å²) >= 11 is 0. The number of hydrogen-bond donors (Lipinski definition) is 3. The minimum Gasteiger partial charge on any atom is -1.00 e. The summed E-state index contributed by atoms with van der Waals surface area (Å²) in [5.74, 6) is 0. The van der Waals surface area contributed by atoms with E-state index in [9.17, 15) is 4.57 Å². The van der Waals surface area contributed by atoms with Gasteiger partial charge in [-0.3, -0.25) is 4.57 Å². The van der Waals surface area contributed by atoms with E-state index in [1.807, 2.05) is 0 Å². The quantitative estimate of drug-likeness (QED) is 0.320. The van der Waals surface area contributed by atoms with Gasteiger partial charge in [0.25, 0.3) is 0 Å². The van der Waals surface area contributed by atoms with E-state index in [-0.39, 0.29) is 124 Å². The van der Waals surface area contributed by atoms with Crippen LogP contribution in [0.1, 0.15) is 5.71 Å². The first-order valence-corrected chi connectivity index (χ1v) is 3.51. The molecule has 0 aromatic carbocycles. The fourth-order valence-corrected chi connectivity index (χ4v) is 0.391. The minimum atomic E-state index is -3.92. The molecular weight excluding hydrogens is 211 g/mol. The molecule has 0 bridgehead atoms. The van der Waals surface area contributed by atoms with Crippen LogP contribution in [-0.4, -0.2) is 27.7 Å². The van der Waals surface area contributed by atoms with Gasteiger partial charge in [0.2, 0.25) is 0 Å². The smallest absolute Gasteiger partial charge is 1.00 e. The summed E-state index contributed by atoms with van der Waals surface area (Å²) in [5, 5.41) is 7.91. The van der Waals surface area contributed by atoms with Gasteiger partial charge in [0.1, 0.15) is 0 Å². The van der Waals surface area contributed by atoms with E-state index >= 15 is 0 Å². The van der Waals surface area contributed by atoms with Gasteiger partial charge in [-0.15, -0.1) is 0 Å². The Morgan fingerprint density at radius 1 is 1.09 bits per heavy atom. The van der Waals surface area contributed by atoms with Gasteiger partial charge in [0.15, 0.2) is 0 Å². The van der Waals surface area contributed by atoms with E-state index in [1.54, 1.807) is 0 Å². The first kappa shape index (κ1) is 29.4. The van der Waals surface area contributed by atoms with E-state index in [1.165, 1.54) is 0 Å². The standard InChI is InChI=1S/C2H7O4P.4Na.4H/c3-1-2-7(4,5)6;;;;;;;;/h3H,1-2H2,(H2,4,5,6);;;;;;;;/q;4*+1;4*-1. The van der Waals surface area contributed by atoms with Crippen molar-refractivity contribution in [1.29, 1.82) is 0 Å². The van der Waals surface area contributed by atoms with E-state index < -0.39 is 20.4 Å². The molecule has 0 amide bonds. The largest absolute Gasteiger partial charge is 1.00 e. The zero-order chi connectivity index (χ0) is 5.91. The van der Waals surface area contributed by atoms with Crippen molar-refractivity contribution in [3.05, 3.63) is 0 Å². The monoisotopic (exact) mass is 222 g/mol. The van der Waals surface area contributed by atoms with Crippen molar-refractivity contribution in [3.63, 3.8) is 0 Å². The molecule has 11 heavy (non-hydrogen) atoms. The molecule has 0 aliphatic carbocycles. The molecule has 0 aliphatic rings. The van der Waals surface area contributed by atoms with Gasteiger partial charge in [-0.25, -0.2) is 0 Å². The predicted molar refractivity (Wildman–Crippen MR) is 28.4 cm³/mol. The Kier molecular flexibility index (Phi) is 44.2. The van der Waals surface area contributed by atoms with E-state index in [2.05, 4.69) is 0 Å². The third kappa shape index (κ3) is 31.5. The van der Waals surface area contributed by atoms with Gasteiger partial charge in [-0.1, -0.05) is 0 Å². The molecule has 0 fully saturated rings. The van der Waals surface area contributed by atoms with Crippen molar-refractivity contribution >= 4 is 7.60 Å². The fourth-order valence-electron chi connectivity index (χ4n) is 0.130. The van der Waals surface area contributed by atoms with E-state index in [0.29, 0.717) is 0 Å². The van der Waals surface area contributed by atoms with Crippen LogP contribution in [0.25, 0.3) is 0 Å². The molecule has 52 valence electrons. The third-order valence-electron chi connectivity index (χ3n) is 0.391. The molecule has 0 radical (unpaired) electrons. The van der Waals surface area contributed by atoms with Crippen molar-refractivity contribution in [2.24, 2.45) is 0 Å². The molecule has 9 heteroatoms. The second-order valence-corrected chi connectivity index (χ2v) is 2.89. The number of aliphatic hydroxyl groups excluding tert-OH is 1. The summed E-state index contributed by atoms with van der Waals surface area (Å²) < 4.78 is 9.77. The van der Waals surface area contributed by atoms with Crippen LogP contribution in [0.4, 0.5) is 0 Å². The van der Waals surface area contributed by atoms with Crippen molar-refractivity contribution < 1.29 is 143 Å². The number of rotatable bonds is 2. The van der Waals surface area contributed by atoms with Crippen molar-refractivity contribution in [1.82, 2.24) is 0 Å². The molecule has 0 atom stereocenters. The van der Waals surface area contributed by atoms with Crippen LogP contribution in [0.3, 0.4) is 0 Å². The molecule has 0 aromatic heterocycles. The van der Waals surface area contributed by atoms with Gasteiger partial charge in [-0.2, -0.15) is 0 Å². The molecule has 0 aliphatic heterocycles. The van der Waals surface area contributed by atoms with E-state index in [0.717, 1.165) is 0 Å². The maximum Gasteiger partial charge on any atom is 1.00 e. The van der Waals surface area contributed by atoms with Gasteiger partial charge < -0.3 is 20.6 Å². The van der Waals surface area contributed by atoms with Crippen molar-refractivity contribution in [3.8, 4) is 0 Å². The Balaban J connectivity index is -0.00000000643. The first-order valence-electron chi connectivity index (χ1n) is 1.72. The Labute approximate surface area is 161 Å². The van der Waals surface area contributed by atoms with Crippen LogP contribution in [0, 0.1) is 0 Å². The van der Waals surface area contributed by atoms with Gasteiger partial charge in [-0.05, 0) is 0 Å². The Hall–Kier alpha value is 4.11. The van der Waals surface area contributed by atoms with Crippen LogP contribution in [-0.2, 0) is 4.57 Å². The average molecular weight is 222 g/mol. The van der Waals surface area contributed by atoms with Gasteiger partial charge in [0, 0.05) is 0 Å². The zero-order valence-electron chi connectivity index (χ0n) is 11.6. The number of hydrogen-bond acceptors (Lipinski definition) is 2. The van der Waals surface area contributed by atoms with Crippen molar-refractivity contribution in [2.45, 2.75) is 0 Å². The second kappa shape index (κ2) is 16.5. The van der Waals surface area contributed by atoms with Crippen LogP contribution < -0.4 is 118 Å². The Bertz CT molecular complexity index is 107. The SMILES string of the molecule is O=P(O)(O)CCO.[H-].[H-].[H-].[H-].[Na+].[Na+].[Na+].[Na+]. The summed E-state index contributed by atoms with van der Waals surface area (Å²) in [4.78, 5) is 15.9. The summed E-state index contributed by atoms with van der Waals surface area (Å²) in [5.41, 5.74) is 0. The molecule has 0 rings (SSSR count). The van der Waals surface area contributed by atoms with Gasteiger partial charge in [0.05, 0.1) is 12.8 Å². The van der Waals surface area contributed by atoms with Crippen molar-refractivity contribution in [2.75, 3.05) is 12.8 Å².